The summed E-state index contributed by atoms with van der Waals surface area (Å²) in [4.78, 5) is 13.9. The van der Waals surface area contributed by atoms with Crippen LogP contribution in [-0.4, -0.2) is 42.2 Å². The van der Waals surface area contributed by atoms with Crippen LogP contribution in [0.5, 0.6) is 5.75 Å². The van der Waals surface area contributed by atoms with E-state index in [1.807, 2.05) is 32.0 Å². The van der Waals surface area contributed by atoms with Gasteiger partial charge in [0.1, 0.15) is 5.75 Å². The molecule has 4 heteroatoms. The molecule has 0 saturated carbocycles. The van der Waals surface area contributed by atoms with E-state index in [9.17, 15) is 9.90 Å². The van der Waals surface area contributed by atoms with Gasteiger partial charge in [-0.1, -0.05) is 6.07 Å². The van der Waals surface area contributed by atoms with Gasteiger partial charge in [-0.25, -0.2) is 0 Å². The number of hydrogen-bond donors (Lipinski definition) is 1. The van der Waals surface area contributed by atoms with Crippen molar-refractivity contribution in [2.45, 2.75) is 26.7 Å². The van der Waals surface area contributed by atoms with Gasteiger partial charge in [-0.2, -0.15) is 0 Å². The Morgan fingerprint density at radius 3 is 2.90 bits per heavy atom. The molecule has 1 saturated heterocycles. The van der Waals surface area contributed by atoms with Crippen molar-refractivity contribution in [1.29, 1.82) is 0 Å². The third-order valence-electron chi connectivity index (χ3n) is 3.97. The minimum Gasteiger partial charge on any atom is -0.484 e. The lowest BCUT2D eigenvalue weighted by atomic mass is 9.99. The number of aliphatic hydroxyl groups excluding tert-OH is 1. The lowest BCUT2D eigenvalue weighted by Crippen LogP contribution is -2.43. The fourth-order valence-electron chi connectivity index (χ4n) is 2.48. The van der Waals surface area contributed by atoms with Crippen LogP contribution in [0.1, 0.15) is 24.0 Å². The Bertz CT molecular complexity index is 473. The summed E-state index contributed by atoms with van der Waals surface area (Å²) >= 11 is 0. The number of amides is 1. The van der Waals surface area contributed by atoms with Crippen molar-refractivity contribution >= 4 is 5.91 Å². The zero-order valence-electron chi connectivity index (χ0n) is 12.3. The van der Waals surface area contributed by atoms with Crippen molar-refractivity contribution in [3.8, 4) is 5.75 Å². The molecule has 1 unspecified atom stereocenters. The van der Waals surface area contributed by atoms with Gasteiger partial charge in [0.15, 0.2) is 6.61 Å². The molecule has 4 nitrogen and oxygen atoms in total. The topological polar surface area (TPSA) is 49.8 Å². The number of aliphatic hydroxyl groups is 1. The van der Waals surface area contributed by atoms with Gasteiger partial charge in [-0.15, -0.1) is 0 Å². The fraction of sp³-hybridized carbons (Fsp3) is 0.562. The van der Waals surface area contributed by atoms with Gasteiger partial charge in [0.25, 0.3) is 5.91 Å². The Balaban J connectivity index is 1.86. The van der Waals surface area contributed by atoms with Gasteiger partial charge in [-0.05, 0) is 55.9 Å². The highest BCUT2D eigenvalue weighted by Crippen LogP contribution is 2.18. The molecule has 0 spiro atoms. The number of aryl methyl sites for hydroxylation is 2. The van der Waals surface area contributed by atoms with Crippen LogP contribution in [0.3, 0.4) is 0 Å². The number of hydrogen-bond acceptors (Lipinski definition) is 3. The smallest absolute Gasteiger partial charge is 0.260 e. The van der Waals surface area contributed by atoms with Gasteiger partial charge in [0, 0.05) is 19.7 Å². The van der Waals surface area contributed by atoms with Gasteiger partial charge in [0.05, 0.1) is 0 Å². The molecule has 2 rings (SSSR count). The molecule has 1 fully saturated rings. The molecular formula is C16H23NO3. The van der Waals surface area contributed by atoms with E-state index in [4.69, 9.17) is 4.74 Å². The maximum Gasteiger partial charge on any atom is 0.260 e. The monoisotopic (exact) mass is 277 g/mol. The second-order valence-electron chi connectivity index (χ2n) is 5.57. The molecule has 1 atom stereocenters. The zero-order valence-corrected chi connectivity index (χ0v) is 12.3. The van der Waals surface area contributed by atoms with E-state index in [-0.39, 0.29) is 25.0 Å². The molecule has 1 N–H and O–H groups in total. The van der Waals surface area contributed by atoms with E-state index < -0.39 is 0 Å². The summed E-state index contributed by atoms with van der Waals surface area (Å²) in [7, 11) is 0. The minimum atomic E-state index is 0.00128. The van der Waals surface area contributed by atoms with Crippen LogP contribution in [0.15, 0.2) is 18.2 Å². The molecule has 0 bridgehead atoms. The number of benzene rings is 1. The Hall–Kier alpha value is -1.55. The van der Waals surface area contributed by atoms with Crippen LogP contribution in [0.2, 0.25) is 0 Å². The lowest BCUT2D eigenvalue weighted by Gasteiger charge is -2.31. The van der Waals surface area contributed by atoms with E-state index >= 15 is 0 Å². The molecule has 110 valence electrons. The van der Waals surface area contributed by atoms with Crippen molar-refractivity contribution in [2.75, 3.05) is 26.3 Å². The van der Waals surface area contributed by atoms with Gasteiger partial charge < -0.3 is 14.7 Å². The number of nitrogens with zero attached hydrogens (tertiary/aromatic N) is 1. The summed E-state index contributed by atoms with van der Waals surface area (Å²) in [6.45, 7) is 5.72. The molecule has 0 aromatic heterocycles. The first-order valence-corrected chi connectivity index (χ1v) is 7.19. The van der Waals surface area contributed by atoms with Crippen molar-refractivity contribution < 1.29 is 14.6 Å². The third-order valence-corrected chi connectivity index (χ3v) is 3.97. The van der Waals surface area contributed by atoms with E-state index in [0.29, 0.717) is 6.54 Å². The highest BCUT2D eigenvalue weighted by atomic mass is 16.5. The predicted octanol–water partition coefficient (Wildman–Crippen LogP) is 1.91. The summed E-state index contributed by atoms with van der Waals surface area (Å²) in [5, 5.41) is 9.19. The molecule has 0 radical (unpaired) electrons. The lowest BCUT2D eigenvalue weighted by molar-refractivity contribution is -0.135. The summed E-state index contributed by atoms with van der Waals surface area (Å²) in [5.74, 6) is 0.952. The van der Waals surface area contributed by atoms with Gasteiger partial charge in [-0.3, -0.25) is 4.79 Å². The molecular weight excluding hydrogens is 254 g/mol. The van der Waals surface area contributed by atoms with Crippen molar-refractivity contribution in [3.05, 3.63) is 29.3 Å². The van der Waals surface area contributed by atoms with E-state index in [0.717, 1.165) is 30.7 Å². The number of ether oxygens (including phenoxy) is 1. The normalized spacial score (nSPS) is 18.9. The van der Waals surface area contributed by atoms with Crippen molar-refractivity contribution in [1.82, 2.24) is 4.90 Å². The van der Waals surface area contributed by atoms with Gasteiger partial charge >= 0.3 is 0 Å². The van der Waals surface area contributed by atoms with E-state index in [1.165, 1.54) is 5.56 Å². The molecule has 0 aliphatic carbocycles. The maximum absolute atomic E-state index is 12.1. The van der Waals surface area contributed by atoms with E-state index in [2.05, 4.69) is 0 Å². The number of carbonyl (C=O) groups excluding carboxylic acids is 1. The molecule has 1 aromatic carbocycles. The van der Waals surface area contributed by atoms with Crippen molar-refractivity contribution in [2.24, 2.45) is 5.92 Å². The Morgan fingerprint density at radius 1 is 1.40 bits per heavy atom. The highest BCUT2D eigenvalue weighted by Gasteiger charge is 2.23. The van der Waals surface area contributed by atoms with Crippen molar-refractivity contribution in [3.63, 3.8) is 0 Å². The Kier molecular flexibility index (Phi) is 5.01. The highest BCUT2D eigenvalue weighted by molar-refractivity contribution is 5.77. The molecule has 1 heterocycles. The van der Waals surface area contributed by atoms with Crippen LogP contribution >= 0.6 is 0 Å². The van der Waals surface area contributed by atoms with Gasteiger partial charge in [0.2, 0.25) is 0 Å². The average Bonchev–Trinajstić information content (AvgIpc) is 2.48. The zero-order chi connectivity index (χ0) is 14.5. The summed E-state index contributed by atoms with van der Waals surface area (Å²) in [6, 6.07) is 5.84. The second-order valence-corrected chi connectivity index (χ2v) is 5.57. The summed E-state index contributed by atoms with van der Waals surface area (Å²) in [6.07, 6.45) is 1.96. The molecule has 1 aliphatic heterocycles. The van der Waals surface area contributed by atoms with Crippen LogP contribution < -0.4 is 4.74 Å². The first kappa shape index (κ1) is 14.9. The first-order chi connectivity index (χ1) is 9.60. The minimum absolute atomic E-state index is 0.00128. The summed E-state index contributed by atoms with van der Waals surface area (Å²) in [5.41, 5.74) is 2.37. The average molecular weight is 277 g/mol. The fourth-order valence-corrected chi connectivity index (χ4v) is 2.48. The van der Waals surface area contributed by atoms with Crippen LogP contribution in [0.4, 0.5) is 0 Å². The third kappa shape index (κ3) is 3.73. The summed E-state index contributed by atoms with van der Waals surface area (Å²) < 4.78 is 5.57. The Labute approximate surface area is 120 Å². The number of piperidine rings is 1. The predicted molar refractivity (Wildman–Crippen MR) is 77.8 cm³/mol. The van der Waals surface area contributed by atoms with Crippen LogP contribution in [0.25, 0.3) is 0 Å². The molecule has 20 heavy (non-hydrogen) atoms. The van der Waals surface area contributed by atoms with Crippen LogP contribution in [-0.2, 0) is 4.79 Å². The largest absolute Gasteiger partial charge is 0.484 e. The number of rotatable bonds is 4. The molecule has 1 aromatic rings. The standard InChI is InChI=1S/C16H23NO3/c1-12-5-6-15(8-13(12)2)20-11-16(19)17-7-3-4-14(9-17)10-18/h5-6,8,14,18H,3-4,7,9-11H2,1-2H3. The number of likely N-dealkylation sites (tertiary alicyclic amines) is 1. The number of carbonyl (C=O) groups is 1. The van der Waals surface area contributed by atoms with E-state index in [1.54, 1.807) is 4.90 Å². The quantitative estimate of drug-likeness (QED) is 0.914. The molecule has 1 amide bonds. The SMILES string of the molecule is Cc1ccc(OCC(=O)N2CCCC(CO)C2)cc1C. The van der Waals surface area contributed by atoms with Crippen LogP contribution in [0, 0.1) is 19.8 Å². The second kappa shape index (κ2) is 6.75. The first-order valence-electron chi connectivity index (χ1n) is 7.19. The maximum atomic E-state index is 12.1. The Morgan fingerprint density at radius 2 is 2.20 bits per heavy atom. The molecule has 1 aliphatic rings.